The molecule has 0 aliphatic rings. The van der Waals surface area contributed by atoms with Crippen molar-refractivity contribution in [3.8, 4) is 0 Å². The lowest BCUT2D eigenvalue weighted by Crippen LogP contribution is -2.11. The van der Waals surface area contributed by atoms with Crippen LogP contribution >= 0.6 is 0 Å². The zero-order chi connectivity index (χ0) is 9.40. The van der Waals surface area contributed by atoms with Crippen molar-refractivity contribution >= 4 is 5.97 Å². The summed E-state index contributed by atoms with van der Waals surface area (Å²) >= 11 is 0. The molecule has 0 bridgehead atoms. The van der Waals surface area contributed by atoms with E-state index >= 15 is 0 Å². The quantitative estimate of drug-likeness (QED) is 0.576. The van der Waals surface area contributed by atoms with Crippen molar-refractivity contribution in [1.82, 2.24) is 0 Å². The van der Waals surface area contributed by atoms with Crippen LogP contribution in [0, 0.1) is 5.92 Å². The molecule has 0 spiro atoms. The summed E-state index contributed by atoms with van der Waals surface area (Å²) in [5.74, 6) is 0.455. The number of carbonyl (C=O) groups excluding carboxylic acids is 1. The SMILES string of the molecule is CCCC(=O)OCC(C)CCC. The molecule has 2 nitrogen and oxygen atoms in total. The number of hydrogen-bond acceptors (Lipinski definition) is 2. The van der Waals surface area contributed by atoms with Crippen molar-refractivity contribution in [3.05, 3.63) is 0 Å². The summed E-state index contributed by atoms with van der Waals surface area (Å²) in [5.41, 5.74) is 0. The number of ether oxygens (including phenoxy) is 1. The van der Waals surface area contributed by atoms with Crippen LogP contribution in [-0.2, 0) is 9.53 Å². The lowest BCUT2D eigenvalue weighted by atomic mass is 10.1. The van der Waals surface area contributed by atoms with Gasteiger partial charge in [0.05, 0.1) is 6.61 Å². The van der Waals surface area contributed by atoms with Crippen LogP contribution < -0.4 is 0 Å². The van der Waals surface area contributed by atoms with E-state index in [0.29, 0.717) is 18.9 Å². The largest absolute Gasteiger partial charge is 0.465 e. The van der Waals surface area contributed by atoms with Gasteiger partial charge >= 0.3 is 5.97 Å². The molecule has 0 aliphatic heterocycles. The maximum absolute atomic E-state index is 10.9. The van der Waals surface area contributed by atoms with Gasteiger partial charge in [-0.1, -0.05) is 27.2 Å². The maximum Gasteiger partial charge on any atom is 0.305 e. The van der Waals surface area contributed by atoms with Crippen LogP contribution in [-0.4, -0.2) is 12.6 Å². The Morgan fingerprint density at radius 1 is 1.33 bits per heavy atom. The average molecular weight is 172 g/mol. The molecule has 0 heterocycles. The number of hydrogen-bond donors (Lipinski definition) is 0. The second-order valence-electron chi connectivity index (χ2n) is 3.33. The lowest BCUT2D eigenvalue weighted by Gasteiger charge is -2.09. The van der Waals surface area contributed by atoms with E-state index in [1.807, 2.05) is 6.92 Å². The van der Waals surface area contributed by atoms with Gasteiger partial charge in [-0.15, -0.1) is 0 Å². The Bertz CT molecular complexity index is 121. The molecule has 0 aromatic carbocycles. The van der Waals surface area contributed by atoms with Crippen LogP contribution in [0.15, 0.2) is 0 Å². The first-order chi connectivity index (χ1) is 5.70. The van der Waals surface area contributed by atoms with Gasteiger partial charge in [0.1, 0.15) is 0 Å². The van der Waals surface area contributed by atoms with E-state index in [1.165, 1.54) is 0 Å². The molecule has 0 saturated carbocycles. The van der Waals surface area contributed by atoms with E-state index in [2.05, 4.69) is 13.8 Å². The smallest absolute Gasteiger partial charge is 0.305 e. The van der Waals surface area contributed by atoms with Gasteiger partial charge in [-0.05, 0) is 18.8 Å². The Morgan fingerprint density at radius 2 is 2.00 bits per heavy atom. The molecule has 0 rings (SSSR count). The van der Waals surface area contributed by atoms with E-state index in [1.54, 1.807) is 0 Å². The number of rotatable bonds is 6. The van der Waals surface area contributed by atoms with Gasteiger partial charge in [0, 0.05) is 6.42 Å². The lowest BCUT2D eigenvalue weighted by molar-refractivity contribution is -0.144. The Hall–Kier alpha value is -0.530. The second kappa shape index (κ2) is 7.14. The molecule has 0 aromatic rings. The van der Waals surface area contributed by atoms with Gasteiger partial charge in [0.25, 0.3) is 0 Å². The van der Waals surface area contributed by atoms with Crippen molar-refractivity contribution in [2.45, 2.75) is 46.5 Å². The molecule has 0 N–H and O–H groups in total. The third-order valence-corrected chi connectivity index (χ3v) is 1.76. The van der Waals surface area contributed by atoms with Crippen LogP contribution in [0.3, 0.4) is 0 Å². The first kappa shape index (κ1) is 11.5. The molecule has 0 aliphatic carbocycles. The Balaban J connectivity index is 3.33. The fraction of sp³-hybridized carbons (Fsp3) is 0.900. The molecule has 1 unspecified atom stereocenters. The Labute approximate surface area is 75.3 Å². The van der Waals surface area contributed by atoms with Crippen LogP contribution in [0.5, 0.6) is 0 Å². The summed E-state index contributed by atoms with van der Waals surface area (Å²) in [4.78, 5) is 10.9. The van der Waals surface area contributed by atoms with Gasteiger partial charge in [0.15, 0.2) is 0 Å². The highest BCUT2D eigenvalue weighted by atomic mass is 16.5. The van der Waals surface area contributed by atoms with E-state index in [-0.39, 0.29) is 5.97 Å². The van der Waals surface area contributed by atoms with E-state index < -0.39 is 0 Å². The molecular formula is C10H20O2. The van der Waals surface area contributed by atoms with Crippen molar-refractivity contribution in [3.63, 3.8) is 0 Å². The van der Waals surface area contributed by atoms with Crippen LogP contribution in [0.25, 0.3) is 0 Å². The maximum atomic E-state index is 10.9. The van der Waals surface area contributed by atoms with Gasteiger partial charge in [-0.3, -0.25) is 4.79 Å². The van der Waals surface area contributed by atoms with Crippen molar-refractivity contribution < 1.29 is 9.53 Å². The first-order valence-corrected chi connectivity index (χ1v) is 4.86. The summed E-state index contributed by atoms with van der Waals surface area (Å²) in [5, 5.41) is 0. The normalized spacial score (nSPS) is 12.6. The molecule has 2 heteroatoms. The van der Waals surface area contributed by atoms with E-state index in [0.717, 1.165) is 19.3 Å². The summed E-state index contributed by atoms with van der Waals surface area (Å²) in [6.45, 7) is 6.83. The van der Waals surface area contributed by atoms with Crippen LogP contribution in [0.2, 0.25) is 0 Å². The minimum Gasteiger partial charge on any atom is -0.465 e. The van der Waals surface area contributed by atoms with Crippen LogP contribution in [0.1, 0.15) is 46.5 Å². The third-order valence-electron chi connectivity index (χ3n) is 1.76. The molecule has 0 radical (unpaired) electrons. The topological polar surface area (TPSA) is 26.3 Å². The molecule has 0 aromatic heterocycles. The highest BCUT2D eigenvalue weighted by Crippen LogP contribution is 2.05. The number of esters is 1. The van der Waals surface area contributed by atoms with Crippen molar-refractivity contribution in [1.29, 1.82) is 0 Å². The van der Waals surface area contributed by atoms with Gasteiger partial charge < -0.3 is 4.74 Å². The third kappa shape index (κ3) is 6.20. The molecule has 0 saturated heterocycles. The fourth-order valence-corrected chi connectivity index (χ4v) is 1.09. The zero-order valence-corrected chi connectivity index (χ0v) is 8.43. The Morgan fingerprint density at radius 3 is 2.50 bits per heavy atom. The molecule has 0 fully saturated rings. The summed E-state index contributed by atoms with van der Waals surface area (Å²) in [6.07, 6.45) is 3.73. The van der Waals surface area contributed by atoms with Crippen molar-refractivity contribution in [2.24, 2.45) is 5.92 Å². The van der Waals surface area contributed by atoms with E-state index in [4.69, 9.17) is 4.74 Å². The molecule has 1 atom stereocenters. The monoisotopic (exact) mass is 172 g/mol. The number of carbonyl (C=O) groups is 1. The van der Waals surface area contributed by atoms with Crippen molar-refractivity contribution in [2.75, 3.05) is 6.61 Å². The average Bonchev–Trinajstić information content (AvgIpc) is 2.02. The summed E-state index contributed by atoms with van der Waals surface area (Å²) in [7, 11) is 0. The summed E-state index contributed by atoms with van der Waals surface area (Å²) < 4.78 is 5.06. The Kier molecular flexibility index (Phi) is 6.82. The summed E-state index contributed by atoms with van der Waals surface area (Å²) in [6, 6.07) is 0. The predicted molar refractivity (Wildman–Crippen MR) is 49.9 cm³/mol. The predicted octanol–water partition coefficient (Wildman–Crippen LogP) is 2.77. The van der Waals surface area contributed by atoms with Gasteiger partial charge in [-0.2, -0.15) is 0 Å². The molecular weight excluding hydrogens is 152 g/mol. The minimum atomic E-state index is -0.0551. The first-order valence-electron chi connectivity index (χ1n) is 4.86. The zero-order valence-electron chi connectivity index (χ0n) is 8.43. The van der Waals surface area contributed by atoms with Gasteiger partial charge in [0.2, 0.25) is 0 Å². The molecule has 0 amide bonds. The van der Waals surface area contributed by atoms with Gasteiger partial charge in [-0.25, -0.2) is 0 Å². The fourth-order valence-electron chi connectivity index (χ4n) is 1.09. The van der Waals surface area contributed by atoms with E-state index in [9.17, 15) is 4.79 Å². The molecule has 12 heavy (non-hydrogen) atoms. The van der Waals surface area contributed by atoms with Crippen LogP contribution in [0.4, 0.5) is 0 Å². The minimum absolute atomic E-state index is 0.0551. The highest BCUT2D eigenvalue weighted by Gasteiger charge is 2.04. The second-order valence-corrected chi connectivity index (χ2v) is 3.33. The standard InChI is InChI=1S/C10H20O2/c1-4-6-9(3)8-12-10(11)7-5-2/h9H,4-8H2,1-3H3. The highest BCUT2D eigenvalue weighted by molar-refractivity contribution is 5.69. The molecule has 72 valence electrons.